The lowest BCUT2D eigenvalue weighted by molar-refractivity contribution is -0.125. The Kier molecular flexibility index (Phi) is 10.7. The summed E-state index contributed by atoms with van der Waals surface area (Å²) in [7, 11) is -3.56. The van der Waals surface area contributed by atoms with E-state index in [0.29, 0.717) is 18.1 Å². The molecule has 1 aliphatic carbocycles. The SMILES string of the molecule is C.C.O=C(NC[C@H]1CCCN1S(=O)(=O)c1ccc(Cl)cc1)C1CCCCCCC1. The largest absolute Gasteiger partial charge is 0.354 e. The van der Waals surface area contributed by atoms with Crippen molar-refractivity contribution in [2.45, 2.75) is 83.6 Å². The lowest BCUT2D eigenvalue weighted by atomic mass is 9.90. The summed E-state index contributed by atoms with van der Waals surface area (Å²) >= 11 is 5.87. The minimum Gasteiger partial charge on any atom is -0.354 e. The van der Waals surface area contributed by atoms with E-state index in [9.17, 15) is 13.2 Å². The van der Waals surface area contributed by atoms with Crippen molar-refractivity contribution >= 4 is 27.5 Å². The average molecular weight is 445 g/mol. The number of carbonyl (C=O) groups is 1. The van der Waals surface area contributed by atoms with E-state index in [0.717, 1.165) is 38.5 Å². The molecule has 0 unspecified atom stereocenters. The zero-order valence-corrected chi connectivity index (χ0v) is 17.3. The molecular weight excluding hydrogens is 408 g/mol. The summed E-state index contributed by atoms with van der Waals surface area (Å²) in [4.78, 5) is 12.8. The van der Waals surface area contributed by atoms with Crippen molar-refractivity contribution in [3.05, 3.63) is 29.3 Å². The Morgan fingerprint density at radius 3 is 2.17 bits per heavy atom. The van der Waals surface area contributed by atoms with Crippen molar-refractivity contribution < 1.29 is 13.2 Å². The van der Waals surface area contributed by atoms with Crippen LogP contribution in [0, 0.1) is 5.92 Å². The molecule has 1 N–H and O–H groups in total. The number of hydrogen-bond donors (Lipinski definition) is 1. The Labute approximate surface area is 182 Å². The van der Waals surface area contributed by atoms with E-state index in [2.05, 4.69) is 5.32 Å². The monoisotopic (exact) mass is 444 g/mol. The fourth-order valence-electron chi connectivity index (χ4n) is 4.15. The summed E-state index contributed by atoms with van der Waals surface area (Å²) in [6.07, 6.45) is 9.39. The predicted octanol–water partition coefficient (Wildman–Crippen LogP) is 5.24. The van der Waals surface area contributed by atoms with E-state index in [1.165, 1.54) is 23.6 Å². The van der Waals surface area contributed by atoms with Crippen LogP contribution < -0.4 is 5.32 Å². The maximum absolute atomic E-state index is 13.0. The van der Waals surface area contributed by atoms with Gasteiger partial charge >= 0.3 is 0 Å². The highest BCUT2D eigenvalue weighted by Gasteiger charge is 2.35. The van der Waals surface area contributed by atoms with Gasteiger partial charge in [0.25, 0.3) is 0 Å². The maximum Gasteiger partial charge on any atom is 0.243 e. The van der Waals surface area contributed by atoms with Crippen LogP contribution in [-0.4, -0.2) is 37.8 Å². The second kappa shape index (κ2) is 11.9. The van der Waals surface area contributed by atoms with E-state index < -0.39 is 10.0 Å². The topological polar surface area (TPSA) is 66.5 Å². The van der Waals surface area contributed by atoms with Gasteiger partial charge in [-0.25, -0.2) is 8.42 Å². The molecule has 0 spiro atoms. The average Bonchev–Trinajstić information content (AvgIpc) is 3.09. The van der Waals surface area contributed by atoms with Gasteiger partial charge in [-0.2, -0.15) is 4.31 Å². The number of amides is 1. The summed E-state index contributed by atoms with van der Waals surface area (Å²) in [5, 5.41) is 3.55. The van der Waals surface area contributed by atoms with Crippen molar-refractivity contribution in [2.75, 3.05) is 13.1 Å². The van der Waals surface area contributed by atoms with Crippen LogP contribution in [0.4, 0.5) is 0 Å². The molecule has 166 valence electrons. The lowest BCUT2D eigenvalue weighted by Gasteiger charge is -2.26. The second-order valence-corrected chi connectivity index (χ2v) is 9.98. The van der Waals surface area contributed by atoms with Gasteiger partial charge in [-0.1, -0.05) is 58.6 Å². The molecule has 1 heterocycles. The van der Waals surface area contributed by atoms with Crippen molar-refractivity contribution in [1.82, 2.24) is 9.62 Å². The molecule has 2 fully saturated rings. The van der Waals surface area contributed by atoms with Gasteiger partial charge in [0, 0.05) is 30.1 Å². The van der Waals surface area contributed by atoms with Gasteiger partial charge in [-0.3, -0.25) is 4.79 Å². The third kappa shape index (κ3) is 6.69. The van der Waals surface area contributed by atoms with E-state index >= 15 is 0 Å². The zero-order valence-electron chi connectivity index (χ0n) is 15.7. The van der Waals surface area contributed by atoms with E-state index in [4.69, 9.17) is 11.6 Å². The molecule has 1 saturated heterocycles. The Bertz CT molecular complexity index is 729. The van der Waals surface area contributed by atoms with Gasteiger partial charge in [-0.15, -0.1) is 0 Å². The van der Waals surface area contributed by atoms with Crippen molar-refractivity contribution in [3.8, 4) is 0 Å². The third-order valence-corrected chi connectivity index (χ3v) is 7.95. The van der Waals surface area contributed by atoms with Gasteiger partial charge < -0.3 is 5.32 Å². The molecule has 0 bridgehead atoms. The smallest absolute Gasteiger partial charge is 0.243 e. The van der Waals surface area contributed by atoms with Crippen LogP contribution in [0.5, 0.6) is 0 Å². The molecule has 5 nitrogen and oxygen atoms in total. The molecule has 3 rings (SSSR count). The fourth-order valence-corrected chi connectivity index (χ4v) is 5.97. The van der Waals surface area contributed by atoms with Gasteiger partial charge in [0.2, 0.25) is 15.9 Å². The molecule has 1 aliphatic heterocycles. The summed E-state index contributed by atoms with van der Waals surface area (Å²) in [5.74, 6) is 0.167. The minimum absolute atomic E-state index is 0. The van der Waals surface area contributed by atoms with Crippen LogP contribution in [0.2, 0.25) is 5.02 Å². The Morgan fingerprint density at radius 2 is 1.55 bits per heavy atom. The fraction of sp³-hybridized carbons (Fsp3) is 0.682. The predicted molar refractivity (Wildman–Crippen MR) is 121 cm³/mol. The van der Waals surface area contributed by atoms with E-state index in [-0.39, 0.29) is 37.6 Å². The Morgan fingerprint density at radius 1 is 0.966 bits per heavy atom. The Hall–Kier alpha value is -1.11. The number of nitrogens with one attached hydrogen (secondary N) is 1. The first-order valence-electron chi connectivity index (χ1n) is 10.0. The molecule has 7 heteroatoms. The highest BCUT2D eigenvalue weighted by Crippen LogP contribution is 2.27. The molecule has 0 aromatic heterocycles. The van der Waals surface area contributed by atoms with Crippen molar-refractivity contribution in [3.63, 3.8) is 0 Å². The second-order valence-electron chi connectivity index (χ2n) is 7.65. The van der Waals surface area contributed by atoms with Gasteiger partial charge in [0.05, 0.1) is 4.90 Å². The summed E-state index contributed by atoms with van der Waals surface area (Å²) in [5.41, 5.74) is 0. The molecule has 0 radical (unpaired) electrons. The summed E-state index contributed by atoms with van der Waals surface area (Å²) in [6, 6.07) is 6.09. The Balaban J connectivity index is 0.00000210. The highest BCUT2D eigenvalue weighted by molar-refractivity contribution is 7.89. The van der Waals surface area contributed by atoms with Crippen LogP contribution in [0.1, 0.15) is 72.6 Å². The summed E-state index contributed by atoms with van der Waals surface area (Å²) < 4.78 is 27.4. The molecule has 1 aromatic rings. The number of rotatable bonds is 5. The minimum atomic E-state index is -3.56. The molecule has 1 atom stereocenters. The number of benzene rings is 1. The lowest BCUT2D eigenvalue weighted by Crippen LogP contribution is -2.44. The first-order valence-corrected chi connectivity index (χ1v) is 11.9. The quantitative estimate of drug-likeness (QED) is 0.675. The zero-order chi connectivity index (χ0) is 19.3. The maximum atomic E-state index is 13.0. The molecule has 1 amide bonds. The van der Waals surface area contributed by atoms with Crippen LogP contribution >= 0.6 is 11.6 Å². The summed E-state index contributed by atoms with van der Waals surface area (Å²) in [6.45, 7) is 0.886. The van der Waals surface area contributed by atoms with Gasteiger partial charge in [0.1, 0.15) is 0 Å². The number of nitrogens with zero attached hydrogens (tertiary/aromatic N) is 1. The van der Waals surface area contributed by atoms with Crippen LogP contribution in [0.3, 0.4) is 0 Å². The number of carbonyl (C=O) groups excluding carboxylic acids is 1. The molecule has 2 aliphatic rings. The molecule has 1 aromatic carbocycles. The van der Waals surface area contributed by atoms with Crippen LogP contribution in [-0.2, 0) is 14.8 Å². The third-order valence-electron chi connectivity index (χ3n) is 5.73. The van der Waals surface area contributed by atoms with Crippen molar-refractivity contribution in [2.24, 2.45) is 5.92 Å². The molecule has 1 saturated carbocycles. The van der Waals surface area contributed by atoms with Gasteiger partial charge in [0.15, 0.2) is 0 Å². The number of sulfonamides is 1. The van der Waals surface area contributed by atoms with Crippen molar-refractivity contribution in [1.29, 1.82) is 0 Å². The molecular formula is C22H37ClN2O3S. The molecule has 29 heavy (non-hydrogen) atoms. The number of halogens is 1. The van der Waals surface area contributed by atoms with Gasteiger partial charge in [-0.05, 0) is 49.9 Å². The van der Waals surface area contributed by atoms with E-state index in [1.54, 1.807) is 24.3 Å². The normalized spacial score (nSPS) is 21.3. The van der Waals surface area contributed by atoms with Crippen LogP contribution in [0.25, 0.3) is 0 Å². The first-order chi connectivity index (χ1) is 13.0. The number of hydrogen-bond acceptors (Lipinski definition) is 3. The van der Waals surface area contributed by atoms with E-state index in [1.807, 2.05) is 0 Å². The highest BCUT2D eigenvalue weighted by atomic mass is 35.5. The van der Waals surface area contributed by atoms with Crippen LogP contribution in [0.15, 0.2) is 29.2 Å². The standard InChI is InChI=1S/C20H29ClN2O3S.2CH4/c21-17-10-12-19(13-11-17)27(25,26)23-14-6-9-18(23)15-22-20(24)16-7-4-2-1-3-5-8-16;;/h10-13,16,18H,1-9,14-15H2,(H,22,24);2*1H4/t18-;;/m1../s1. The first kappa shape index (κ1) is 25.9.